The van der Waals surface area contributed by atoms with Crippen LogP contribution in [0.4, 0.5) is 4.79 Å². The van der Waals surface area contributed by atoms with Crippen molar-refractivity contribution < 1.29 is 19.1 Å². The molecule has 0 aromatic heterocycles. The summed E-state index contributed by atoms with van der Waals surface area (Å²) in [5, 5.41) is 2.96. The Bertz CT molecular complexity index is 863. The molecular formula is C22H24N2O4. The summed E-state index contributed by atoms with van der Waals surface area (Å²) in [6.07, 6.45) is 0.277. The maximum absolute atomic E-state index is 12.6. The Labute approximate surface area is 164 Å². The van der Waals surface area contributed by atoms with Gasteiger partial charge in [-0.2, -0.15) is 0 Å². The van der Waals surface area contributed by atoms with Gasteiger partial charge in [0, 0.05) is 6.42 Å². The number of aryl methyl sites for hydroxylation is 3. The van der Waals surface area contributed by atoms with Gasteiger partial charge in [0.1, 0.15) is 0 Å². The number of imide groups is 1. The predicted octanol–water partition coefficient (Wildman–Crippen LogP) is 3.07. The van der Waals surface area contributed by atoms with Crippen molar-refractivity contribution in [2.75, 3.05) is 13.2 Å². The first-order valence-corrected chi connectivity index (χ1v) is 9.31. The summed E-state index contributed by atoms with van der Waals surface area (Å²) in [5.41, 5.74) is 4.35. The highest BCUT2D eigenvalue weighted by Gasteiger charge is 2.33. The van der Waals surface area contributed by atoms with E-state index < -0.39 is 18.0 Å². The summed E-state index contributed by atoms with van der Waals surface area (Å²) < 4.78 is 4.77. The number of cyclic esters (lactones) is 1. The molecule has 1 heterocycles. The van der Waals surface area contributed by atoms with E-state index in [4.69, 9.17) is 4.74 Å². The van der Waals surface area contributed by atoms with E-state index in [1.165, 1.54) is 11.1 Å². The van der Waals surface area contributed by atoms with E-state index >= 15 is 0 Å². The van der Waals surface area contributed by atoms with Crippen LogP contribution in [0.3, 0.4) is 0 Å². The van der Waals surface area contributed by atoms with Gasteiger partial charge in [0.05, 0.1) is 12.6 Å². The number of nitrogens with zero attached hydrogens (tertiary/aromatic N) is 1. The second-order valence-corrected chi connectivity index (χ2v) is 7.01. The molecule has 0 bridgehead atoms. The molecule has 6 heteroatoms. The summed E-state index contributed by atoms with van der Waals surface area (Å²) in [5.74, 6) is -0.526. The maximum atomic E-state index is 12.6. The summed E-state index contributed by atoms with van der Waals surface area (Å²) in [6, 6.07) is 15.0. The lowest BCUT2D eigenvalue weighted by Gasteiger charge is -2.23. The third-order valence-electron chi connectivity index (χ3n) is 4.95. The number of hydrogen-bond acceptors (Lipinski definition) is 4. The molecule has 1 aliphatic rings. The zero-order valence-corrected chi connectivity index (χ0v) is 16.1. The molecule has 146 valence electrons. The van der Waals surface area contributed by atoms with Crippen molar-refractivity contribution >= 4 is 17.9 Å². The van der Waals surface area contributed by atoms with Crippen molar-refractivity contribution in [3.63, 3.8) is 0 Å². The maximum Gasteiger partial charge on any atom is 0.417 e. The van der Waals surface area contributed by atoms with Crippen LogP contribution in [0, 0.1) is 13.8 Å². The van der Waals surface area contributed by atoms with E-state index in [9.17, 15) is 14.4 Å². The van der Waals surface area contributed by atoms with Crippen molar-refractivity contribution in [2.45, 2.75) is 32.7 Å². The van der Waals surface area contributed by atoms with E-state index in [1.54, 1.807) is 0 Å². The van der Waals surface area contributed by atoms with Gasteiger partial charge in [0.2, 0.25) is 5.91 Å². The second-order valence-electron chi connectivity index (χ2n) is 7.01. The lowest BCUT2D eigenvalue weighted by atomic mass is 10.0. The number of carbonyl (C=O) groups is 3. The Hall–Kier alpha value is -3.15. The summed E-state index contributed by atoms with van der Waals surface area (Å²) in [4.78, 5) is 37.3. The van der Waals surface area contributed by atoms with E-state index in [-0.39, 0.29) is 19.1 Å². The Morgan fingerprint density at radius 3 is 2.50 bits per heavy atom. The number of amides is 3. The van der Waals surface area contributed by atoms with Crippen molar-refractivity contribution in [3.05, 3.63) is 70.8 Å². The molecule has 0 saturated carbocycles. The molecule has 2 aromatic rings. The fourth-order valence-corrected chi connectivity index (χ4v) is 3.14. The molecule has 2 aromatic carbocycles. The molecule has 0 spiro atoms. The first kappa shape index (κ1) is 19.6. The molecule has 28 heavy (non-hydrogen) atoms. The third-order valence-corrected chi connectivity index (χ3v) is 4.95. The Morgan fingerprint density at radius 2 is 1.86 bits per heavy atom. The zero-order valence-electron chi connectivity index (χ0n) is 16.1. The zero-order chi connectivity index (χ0) is 20.1. The quantitative estimate of drug-likeness (QED) is 0.801. The standard InChI is InChI=1S/C22H24N2O4/c1-15-8-9-17(12-16(15)2)10-11-20(25)23-19(18-6-4-3-5-7-18)13-24-21(26)14-28-22(24)27/h3-9,12,19H,10-11,13-14H2,1-2H3,(H,23,25). The van der Waals surface area contributed by atoms with Crippen LogP contribution >= 0.6 is 0 Å². The lowest BCUT2D eigenvalue weighted by molar-refractivity contribution is -0.127. The van der Waals surface area contributed by atoms with Crippen molar-refractivity contribution in [1.82, 2.24) is 10.2 Å². The van der Waals surface area contributed by atoms with Crippen LogP contribution in [0.2, 0.25) is 0 Å². The van der Waals surface area contributed by atoms with Crippen molar-refractivity contribution in [1.29, 1.82) is 0 Å². The van der Waals surface area contributed by atoms with Gasteiger partial charge in [-0.1, -0.05) is 48.5 Å². The van der Waals surface area contributed by atoms with Gasteiger partial charge in [0.15, 0.2) is 6.61 Å². The summed E-state index contributed by atoms with van der Waals surface area (Å²) in [6.45, 7) is 3.91. The molecule has 6 nitrogen and oxygen atoms in total. The normalized spacial score (nSPS) is 14.7. The molecule has 3 rings (SSSR count). The molecule has 1 N–H and O–H groups in total. The van der Waals surface area contributed by atoms with E-state index in [0.717, 1.165) is 16.0 Å². The fourth-order valence-electron chi connectivity index (χ4n) is 3.14. The largest absolute Gasteiger partial charge is 0.439 e. The number of ether oxygens (including phenoxy) is 1. The predicted molar refractivity (Wildman–Crippen MR) is 105 cm³/mol. The Balaban J connectivity index is 1.66. The van der Waals surface area contributed by atoms with Crippen LogP contribution in [-0.4, -0.2) is 36.0 Å². The summed E-state index contributed by atoms with van der Waals surface area (Å²) in [7, 11) is 0. The van der Waals surface area contributed by atoms with E-state index in [1.807, 2.05) is 36.4 Å². The van der Waals surface area contributed by atoms with E-state index in [0.29, 0.717) is 12.8 Å². The van der Waals surface area contributed by atoms with Gasteiger partial charge >= 0.3 is 6.09 Å². The monoisotopic (exact) mass is 380 g/mol. The van der Waals surface area contributed by atoms with Gasteiger partial charge < -0.3 is 10.1 Å². The molecule has 1 saturated heterocycles. The minimum atomic E-state index is -0.671. The second kappa shape index (κ2) is 8.69. The van der Waals surface area contributed by atoms with Gasteiger partial charge in [-0.25, -0.2) is 9.69 Å². The van der Waals surface area contributed by atoms with Crippen molar-refractivity contribution in [2.24, 2.45) is 0 Å². The first-order valence-electron chi connectivity index (χ1n) is 9.31. The third kappa shape index (κ3) is 4.76. The van der Waals surface area contributed by atoms with Crippen LogP contribution in [0.5, 0.6) is 0 Å². The van der Waals surface area contributed by atoms with Crippen LogP contribution in [0.1, 0.15) is 34.7 Å². The Kier molecular flexibility index (Phi) is 6.09. The topological polar surface area (TPSA) is 75.7 Å². The molecule has 1 atom stereocenters. The molecule has 1 aliphatic heterocycles. The van der Waals surface area contributed by atoms with Crippen LogP contribution in [0.15, 0.2) is 48.5 Å². The molecule has 0 radical (unpaired) electrons. The molecule has 3 amide bonds. The van der Waals surface area contributed by atoms with Gasteiger partial charge in [-0.15, -0.1) is 0 Å². The lowest BCUT2D eigenvalue weighted by Crippen LogP contribution is -2.40. The molecule has 1 unspecified atom stereocenters. The fraction of sp³-hybridized carbons (Fsp3) is 0.318. The first-order chi connectivity index (χ1) is 13.4. The van der Waals surface area contributed by atoms with Gasteiger partial charge in [0.25, 0.3) is 5.91 Å². The Morgan fingerprint density at radius 1 is 1.11 bits per heavy atom. The number of benzene rings is 2. The minimum absolute atomic E-state index is 0.0526. The van der Waals surface area contributed by atoms with Crippen LogP contribution in [-0.2, 0) is 20.7 Å². The highest BCUT2D eigenvalue weighted by atomic mass is 16.6. The van der Waals surface area contributed by atoms with Crippen molar-refractivity contribution in [3.8, 4) is 0 Å². The average molecular weight is 380 g/mol. The SMILES string of the molecule is Cc1ccc(CCC(=O)NC(CN2C(=O)COC2=O)c2ccccc2)cc1C. The molecular weight excluding hydrogens is 356 g/mol. The van der Waals surface area contributed by atoms with Crippen LogP contribution in [0.25, 0.3) is 0 Å². The van der Waals surface area contributed by atoms with Gasteiger partial charge in [-0.05, 0) is 42.5 Å². The highest BCUT2D eigenvalue weighted by Crippen LogP contribution is 2.18. The smallest absolute Gasteiger partial charge is 0.417 e. The minimum Gasteiger partial charge on any atom is -0.439 e. The number of nitrogens with one attached hydrogen (secondary N) is 1. The average Bonchev–Trinajstić information content (AvgIpc) is 3.01. The van der Waals surface area contributed by atoms with E-state index in [2.05, 4.69) is 31.3 Å². The van der Waals surface area contributed by atoms with Gasteiger partial charge in [-0.3, -0.25) is 9.59 Å². The molecule has 1 fully saturated rings. The van der Waals surface area contributed by atoms with Crippen LogP contribution < -0.4 is 5.32 Å². The number of rotatable bonds is 7. The number of carbonyl (C=O) groups excluding carboxylic acids is 3. The summed E-state index contributed by atoms with van der Waals surface area (Å²) >= 11 is 0. The molecule has 0 aliphatic carbocycles. The highest BCUT2D eigenvalue weighted by molar-refractivity contribution is 5.97. The number of hydrogen-bond donors (Lipinski definition) is 1.